The summed E-state index contributed by atoms with van der Waals surface area (Å²) in [6.45, 7) is -0.690. The SMILES string of the molecule is CS(=O)(=O)C(CNC(=O)c1ccc(CCl)cc1)C(=O)NCC#N. The third kappa shape index (κ3) is 5.88. The largest absolute Gasteiger partial charge is 0.350 e. The van der Waals surface area contributed by atoms with Crippen molar-refractivity contribution in [1.29, 1.82) is 5.26 Å². The van der Waals surface area contributed by atoms with Crippen LogP contribution in [0.4, 0.5) is 0 Å². The highest BCUT2D eigenvalue weighted by Crippen LogP contribution is 2.07. The molecule has 2 N–H and O–H groups in total. The van der Waals surface area contributed by atoms with Gasteiger partial charge in [-0.15, -0.1) is 11.6 Å². The number of nitrogens with zero attached hydrogens (tertiary/aromatic N) is 1. The summed E-state index contributed by atoms with van der Waals surface area (Å²) >= 11 is 5.65. The molecule has 1 rings (SSSR count). The summed E-state index contributed by atoms with van der Waals surface area (Å²) in [6.07, 6.45) is 0.894. The molecule has 23 heavy (non-hydrogen) atoms. The molecule has 1 aromatic carbocycles. The summed E-state index contributed by atoms with van der Waals surface area (Å²) in [6, 6.07) is 8.14. The number of carbonyl (C=O) groups excluding carboxylic acids is 2. The van der Waals surface area contributed by atoms with Gasteiger partial charge < -0.3 is 10.6 Å². The predicted molar refractivity (Wildman–Crippen MR) is 85.6 cm³/mol. The topological polar surface area (TPSA) is 116 Å². The second kappa shape index (κ2) is 8.50. The number of amides is 2. The number of alkyl halides is 1. The van der Waals surface area contributed by atoms with Crippen molar-refractivity contribution in [2.75, 3.05) is 19.3 Å². The molecule has 0 aliphatic rings. The van der Waals surface area contributed by atoms with Crippen LogP contribution in [0.5, 0.6) is 0 Å². The van der Waals surface area contributed by atoms with E-state index >= 15 is 0 Å². The molecule has 0 aliphatic carbocycles. The molecular weight excluding hydrogens is 342 g/mol. The minimum Gasteiger partial charge on any atom is -0.350 e. The molecule has 0 heterocycles. The molecule has 0 aromatic heterocycles. The molecule has 1 aromatic rings. The van der Waals surface area contributed by atoms with Gasteiger partial charge in [-0.2, -0.15) is 5.26 Å². The van der Waals surface area contributed by atoms with Crippen LogP contribution in [-0.4, -0.2) is 44.8 Å². The summed E-state index contributed by atoms with van der Waals surface area (Å²) in [7, 11) is -3.74. The standard InChI is InChI=1S/C14H16ClN3O4S/c1-23(21,22)12(14(20)17-7-6-16)9-18-13(19)11-4-2-10(8-15)3-5-11/h2-5,12H,7-9H2,1H3,(H,17,20)(H,18,19). The number of carbonyl (C=O) groups is 2. The van der Waals surface area contributed by atoms with Gasteiger partial charge in [0.05, 0.1) is 6.07 Å². The Kier molecular flexibility index (Phi) is 7.00. The zero-order valence-electron chi connectivity index (χ0n) is 12.4. The van der Waals surface area contributed by atoms with Gasteiger partial charge in [0.2, 0.25) is 5.91 Å². The van der Waals surface area contributed by atoms with Crippen LogP contribution in [0.1, 0.15) is 15.9 Å². The van der Waals surface area contributed by atoms with E-state index in [2.05, 4.69) is 10.6 Å². The van der Waals surface area contributed by atoms with Crippen LogP contribution in [0.3, 0.4) is 0 Å². The zero-order chi connectivity index (χ0) is 17.5. The summed E-state index contributed by atoms with van der Waals surface area (Å²) in [5, 5.41) is 11.5. The smallest absolute Gasteiger partial charge is 0.251 e. The first-order valence-corrected chi connectivity index (χ1v) is 9.05. The van der Waals surface area contributed by atoms with Gasteiger partial charge in [0.25, 0.3) is 5.91 Å². The van der Waals surface area contributed by atoms with Crippen LogP contribution < -0.4 is 10.6 Å². The van der Waals surface area contributed by atoms with E-state index in [1.807, 2.05) is 0 Å². The van der Waals surface area contributed by atoms with Gasteiger partial charge in [-0.05, 0) is 17.7 Å². The van der Waals surface area contributed by atoms with Gasteiger partial charge in [-0.25, -0.2) is 8.42 Å². The molecule has 1 atom stereocenters. The normalized spacial score (nSPS) is 12.0. The lowest BCUT2D eigenvalue weighted by Gasteiger charge is -2.15. The van der Waals surface area contributed by atoms with Gasteiger partial charge in [0.15, 0.2) is 15.1 Å². The van der Waals surface area contributed by atoms with E-state index in [9.17, 15) is 18.0 Å². The van der Waals surface area contributed by atoms with Crippen LogP contribution in [0.15, 0.2) is 24.3 Å². The van der Waals surface area contributed by atoms with Gasteiger partial charge in [-0.1, -0.05) is 12.1 Å². The second-order valence-electron chi connectivity index (χ2n) is 4.73. The molecule has 0 bridgehead atoms. The number of hydrogen-bond donors (Lipinski definition) is 2. The molecule has 9 heteroatoms. The number of nitrogens with one attached hydrogen (secondary N) is 2. The molecule has 124 valence electrons. The molecule has 0 radical (unpaired) electrons. The van der Waals surface area contributed by atoms with Crippen molar-refractivity contribution in [2.45, 2.75) is 11.1 Å². The van der Waals surface area contributed by atoms with Crippen molar-refractivity contribution >= 4 is 33.3 Å². The molecule has 0 saturated carbocycles. The fourth-order valence-corrected chi connectivity index (χ4v) is 2.75. The zero-order valence-corrected chi connectivity index (χ0v) is 13.9. The van der Waals surface area contributed by atoms with Crippen LogP contribution >= 0.6 is 11.6 Å². The Bertz CT molecular complexity index is 711. The highest BCUT2D eigenvalue weighted by molar-refractivity contribution is 7.92. The number of sulfone groups is 1. The first-order valence-electron chi connectivity index (χ1n) is 6.56. The summed E-state index contributed by atoms with van der Waals surface area (Å²) < 4.78 is 23.3. The third-order valence-corrected chi connectivity index (χ3v) is 4.69. The Morgan fingerprint density at radius 2 is 1.87 bits per heavy atom. The Morgan fingerprint density at radius 1 is 1.26 bits per heavy atom. The second-order valence-corrected chi connectivity index (χ2v) is 7.23. The number of rotatable bonds is 7. The number of benzene rings is 1. The van der Waals surface area contributed by atoms with E-state index in [4.69, 9.17) is 16.9 Å². The molecule has 0 fully saturated rings. The van der Waals surface area contributed by atoms with Gasteiger partial charge in [-0.3, -0.25) is 9.59 Å². The third-order valence-electron chi connectivity index (χ3n) is 2.97. The first-order chi connectivity index (χ1) is 10.8. The van der Waals surface area contributed by atoms with Gasteiger partial charge in [0, 0.05) is 24.2 Å². The van der Waals surface area contributed by atoms with Crippen LogP contribution in [0, 0.1) is 11.3 Å². The van der Waals surface area contributed by atoms with Gasteiger partial charge >= 0.3 is 0 Å². The molecule has 0 saturated heterocycles. The van der Waals surface area contributed by atoms with E-state index in [0.717, 1.165) is 11.8 Å². The van der Waals surface area contributed by atoms with Crippen LogP contribution in [-0.2, 0) is 20.5 Å². The molecule has 2 amide bonds. The van der Waals surface area contributed by atoms with Crippen LogP contribution in [0.25, 0.3) is 0 Å². The van der Waals surface area contributed by atoms with Crippen molar-refractivity contribution < 1.29 is 18.0 Å². The Morgan fingerprint density at radius 3 is 2.35 bits per heavy atom. The molecule has 0 aliphatic heterocycles. The first kappa shape index (κ1) is 18.9. The summed E-state index contributed by atoms with van der Waals surface area (Å²) in [5.74, 6) is -1.02. The Labute approximate surface area is 139 Å². The average molecular weight is 358 g/mol. The molecule has 7 nitrogen and oxygen atoms in total. The predicted octanol–water partition coefficient (Wildman–Crippen LogP) is 0.208. The number of hydrogen-bond acceptors (Lipinski definition) is 5. The van der Waals surface area contributed by atoms with E-state index in [1.165, 1.54) is 0 Å². The highest BCUT2D eigenvalue weighted by Gasteiger charge is 2.29. The van der Waals surface area contributed by atoms with E-state index in [1.54, 1.807) is 30.3 Å². The maximum atomic E-state index is 12.0. The van der Waals surface area contributed by atoms with Crippen LogP contribution in [0.2, 0.25) is 0 Å². The molecule has 1 unspecified atom stereocenters. The van der Waals surface area contributed by atoms with E-state index in [0.29, 0.717) is 11.4 Å². The minimum absolute atomic E-state index is 0.307. The fourth-order valence-electron chi connectivity index (χ4n) is 1.71. The quantitative estimate of drug-likeness (QED) is 0.534. The van der Waals surface area contributed by atoms with Crippen molar-refractivity contribution in [3.05, 3.63) is 35.4 Å². The number of nitriles is 1. The summed E-state index contributed by atoms with van der Waals surface area (Å²) in [4.78, 5) is 23.8. The monoisotopic (exact) mass is 357 g/mol. The number of halogens is 1. The lowest BCUT2D eigenvalue weighted by molar-refractivity contribution is -0.120. The Hall–Kier alpha value is -2.11. The van der Waals surface area contributed by atoms with E-state index < -0.39 is 26.9 Å². The molecule has 0 spiro atoms. The van der Waals surface area contributed by atoms with Crippen molar-refractivity contribution in [3.8, 4) is 6.07 Å². The molecular formula is C14H16ClN3O4S. The maximum absolute atomic E-state index is 12.0. The maximum Gasteiger partial charge on any atom is 0.251 e. The Balaban J connectivity index is 2.75. The van der Waals surface area contributed by atoms with E-state index in [-0.39, 0.29) is 13.1 Å². The van der Waals surface area contributed by atoms with Crippen molar-refractivity contribution in [1.82, 2.24) is 10.6 Å². The highest BCUT2D eigenvalue weighted by atomic mass is 35.5. The summed E-state index contributed by atoms with van der Waals surface area (Å²) in [5.41, 5.74) is 1.16. The van der Waals surface area contributed by atoms with Crippen molar-refractivity contribution in [3.63, 3.8) is 0 Å². The lowest BCUT2D eigenvalue weighted by Crippen LogP contribution is -2.46. The van der Waals surface area contributed by atoms with Crippen molar-refractivity contribution in [2.24, 2.45) is 0 Å². The fraction of sp³-hybridized carbons (Fsp3) is 0.357. The van der Waals surface area contributed by atoms with Gasteiger partial charge in [0.1, 0.15) is 6.54 Å². The lowest BCUT2D eigenvalue weighted by atomic mass is 10.1. The average Bonchev–Trinajstić information content (AvgIpc) is 2.51. The minimum atomic E-state index is -3.74.